The van der Waals surface area contributed by atoms with Gasteiger partial charge in [0, 0.05) is 34.3 Å². The van der Waals surface area contributed by atoms with E-state index >= 15 is 0 Å². The topological polar surface area (TPSA) is 79.0 Å². The molecule has 0 saturated carbocycles. The van der Waals surface area contributed by atoms with Crippen LogP contribution in [0.2, 0.25) is 0 Å². The lowest BCUT2D eigenvalue weighted by Gasteiger charge is -2.13. The van der Waals surface area contributed by atoms with E-state index in [1.807, 2.05) is 0 Å². The molecule has 1 heterocycles. The first-order valence-electron chi connectivity index (χ1n) is 8.95. The van der Waals surface area contributed by atoms with E-state index in [2.05, 4.69) is 9.71 Å². The highest BCUT2D eigenvalue weighted by atomic mass is 32.2. The number of fused-ring (bicyclic) bond motifs is 3. The largest absolute Gasteiger partial charge is 0.416 e. The molecule has 0 spiro atoms. The number of halogens is 3. The van der Waals surface area contributed by atoms with Crippen LogP contribution in [0.25, 0.3) is 10.9 Å². The first-order valence-corrected chi connectivity index (χ1v) is 10.4. The summed E-state index contributed by atoms with van der Waals surface area (Å²) in [6.07, 6.45) is -2.68. The van der Waals surface area contributed by atoms with Crippen molar-refractivity contribution in [1.82, 2.24) is 4.98 Å². The Hall–Kier alpha value is -2.81. The van der Waals surface area contributed by atoms with E-state index in [1.165, 1.54) is 12.1 Å². The normalized spacial score (nSPS) is 14.8. The van der Waals surface area contributed by atoms with Crippen LogP contribution in [-0.4, -0.2) is 19.2 Å². The lowest BCUT2D eigenvalue weighted by molar-refractivity contribution is -0.137. The molecule has 1 aliphatic rings. The van der Waals surface area contributed by atoms with Crippen LogP contribution >= 0.6 is 0 Å². The molecular weight excluding hydrogens is 405 g/mol. The number of carbonyl (C=O) groups is 1. The molecule has 2 aromatic carbocycles. The monoisotopic (exact) mass is 422 g/mol. The van der Waals surface area contributed by atoms with Gasteiger partial charge in [0.25, 0.3) is 10.0 Å². The van der Waals surface area contributed by atoms with Gasteiger partial charge in [-0.2, -0.15) is 13.2 Å². The number of aryl methyl sites for hydroxylation is 2. The highest BCUT2D eigenvalue weighted by Crippen LogP contribution is 2.34. The van der Waals surface area contributed by atoms with Gasteiger partial charge in [0.15, 0.2) is 5.78 Å². The van der Waals surface area contributed by atoms with Gasteiger partial charge in [-0.25, -0.2) is 8.42 Å². The lowest BCUT2D eigenvalue weighted by atomic mass is 9.94. The molecule has 0 amide bonds. The van der Waals surface area contributed by atoms with Crippen LogP contribution in [0, 0.1) is 6.92 Å². The number of sulfonamides is 1. The number of ketones is 1. The van der Waals surface area contributed by atoms with E-state index in [9.17, 15) is 26.4 Å². The highest BCUT2D eigenvalue weighted by molar-refractivity contribution is 7.92. The summed E-state index contributed by atoms with van der Waals surface area (Å²) in [6, 6.07) is 7.07. The van der Waals surface area contributed by atoms with Crippen molar-refractivity contribution in [3.63, 3.8) is 0 Å². The molecule has 3 aromatic rings. The Morgan fingerprint density at radius 2 is 1.86 bits per heavy atom. The molecule has 0 saturated heterocycles. The zero-order chi connectivity index (χ0) is 21.0. The molecule has 1 aromatic heterocycles. The molecule has 29 heavy (non-hydrogen) atoms. The third-order valence-electron chi connectivity index (χ3n) is 5.01. The molecule has 0 radical (unpaired) electrons. The summed E-state index contributed by atoms with van der Waals surface area (Å²) in [6.45, 7) is 1.59. The number of benzene rings is 2. The average molecular weight is 422 g/mol. The maximum Gasteiger partial charge on any atom is 0.416 e. The molecule has 152 valence electrons. The standard InChI is InChI=1S/C20H17F3N2O3S/c1-11-8-14-16(24-15-6-3-7-17(26)19(14)15)10-18(11)29(27,28)25-13-5-2-4-12(9-13)20(21,22)23/h2,4-5,8-10,24-25H,3,6-7H2,1H3. The molecule has 0 bridgehead atoms. The van der Waals surface area contributed by atoms with Gasteiger partial charge in [0.2, 0.25) is 0 Å². The van der Waals surface area contributed by atoms with Gasteiger partial charge >= 0.3 is 6.18 Å². The number of hydrogen-bond acceptors (Lipinski definition) is 3. The number of hydrogen-bond donors (Lipinski definition) is 2. The minimum Gasteiger partial charge on any atom is -0.358 e. The maximum absolute atomic E-state index is 12.9. The predicted octanol–water partition coefficient (Wildman–Crippen LogP) is 4.81. The van der Waals surface area contributed by atoms with Crippen LogP contribution in [0.1, 0.15) is 40.0 Å². The van der Waals surface area contributed by atoms with E-state index < -0.39 is 21.8 Å². The number of aromatic nitrogens is 1. The van der Waals surface area contributed by atoms with Gasteiger partial charge < -0.3 is 4.98 Å². The van der Waals surface area contributed by atoms with E-state index in [0.717, 1.165) is 30.3 Å². The minimum atomic E-state index is -4.58. The minimum absolute atomic E-state index is 0.0228. The van der Waals surface area contributed by atoms with Crippen molar-refractivity contribution in [2.75, 3.05) is 4.72 Å². The third kappa shape index (κ3) is 3.50. The van der Waals surface area contributed by atoms with Crippen LogP contribution in [-0.2, 0) is 22.6 Å². The Labute approximate surface area is 165 Å². The molecular formula is C20H17F3N2O3S. The molecule has 2 N–H and O–H groups in total. The van der Waals surface area contributed by atoms with Gasteiger partial charge in [-0.3, -0.25) is 9.52 Å². The van der Waals surface area contributed by atoms with Crippen LogP contribution in [0.5, 0.6) is 0 Å². The molecule has 4 rings (SSSR count). The van der Waals surface area contributed by atoms with Crippen LogP contribution in [0.4, 0.5) is 18.9 Å². The molecule has 0 unspecified atom stereocenters. The number of Topliss-reactive ketones (excluding diaryl/α,β-unsaturated/α-hetero) is 1. The smallest absolute Gasteiger partial charge is 0.358 e. The first-order chi connectivity index (χ1) is 13.6. The van der Waals surface area contributed by atoms with E-state index in [1.54, 1.807) is 13.0 Å². The quantitative estimate of drug-likeness (QED) is 0.636. The Morgan fingerprint density at radius 3 is 2.59 bits per heavy atom. The van der Waals surface area contributed by atoms with Crippen molar-refractivity contribution >= 4 is 32.4 Å². The zero-order valence-corrected chi connectivity index (χ0v) is 16.2. The van der Waals surface area contributed by atoms with Crippen LogP contribution < -0.4 is 4.72 Å². The van der Waals surface area contributed by atoms with Crippen molar-refractivity contribution in [3.8, 4) is 0 Å². The highest BCUT2D eigenvalue weighted by Gasteiger charge is 2.31. The Morgan fingerprint density at radius 1 is 1.10 bits per heavy atom. The summed E-state index contributed by atoms with van der Waals surface area (Å²) in [4.78, 5) is 15.3. The van der Waals surface area contributed by atoms with Crippen molar-refractivity contribution in [3.05, 3.63) is 58.8 Å². The molecule has 5 nitrogen and oxygen atoms in total. The second-order valence-electron chi connectivity index (χ2n) is 7.10. The van der Waals surface area contributed by atoms with Crippen molar-refractivity contribution in [2.24, 2.45) is 0 Å². The average Bonchev–Trinajstić information content (AvgIpc) is 2.99. The fourth-order valence-electron chi connectivity index (χ4n) is 3.70. The fraction of sp³-hybridized carbons (Fsp3) is 0.250. The number of carbonyl (C=O) groups excluding carboxylic acids is 1. The Kier molecular flexibility index (Phi) is 4.45. The Bertz CT molecular complexity index is 1240. The Balaban J connectivity index is 1.76. The summed E-state index contributed by atoms with van der Waals surface area (Å²) < 4.78 is 66.6. The van der Waals surface area contributed by atoms with Crippen molar-refractivity contribution < 1.29 is 26.4 Å². The van der Waals surface area contributed by atoms with E-state index in [0.29, 0.717) is 34.9 Å². The second-order valence-corrected chi connectivity index (χ2v) is 8.75. The first kappa shape index (κ1) is 19.5. The SMILES string of the molecule is Cc1cc2c3c([nH]c2cc1S(=O)(=O)Nc1cccc(C(F)(F)F)c1)CCCC3=O. The molecule has 9 heteroatoms. The summed E-state index contributed by atoms with van der Waals surface area (Å²) in [5, 5.41) is 0.667. The summed E-state index contributed by atoms with van der Waals surface area (Å²) >= 11 is 0. The van der Waals surface area contributed by atoms with Gasteiger partial charge in [-0.1, -0.05) is 6.07 Å². The summed E-state index contributed by atoms with van der Waals surface area (Å²) in [7, 11) is -4.13. The molecule has 0 atom stereocenters. The van der Waals surface area contributed by atoms with Gasteiger partial charge in [0.1, 0.15) is 0 Å². The fourth-order valence-corrected chi connectivity index (χ4v) is 5.00. The molecule has 0 fully saturated rings. The molecule has 1 aliphatic carbocycles. The van der Waals surface area contributed by atoms with Gasteiger partial charge in [-0.15, -0.1) is 0 Å². The third-order valence-corrected chi connectivity index (χ3v) is 6.54. The molecule has 0 aliphatic heterocycles. The number of rotatable bonds is 3. The second kappa shape index (κ2) is 6.62. The number of H-pyrrole nitrogens is 1. The maximum atomic E-state index is 12.9. The van der Waals surface area contributed by atoms with Gasteiger partial charge in [-0.05, 0) is 55.7 Å². The van der Waals surface area contributed by atoms with E-state index in [-0.39, 0.29) is 16.4 Å². The van der Waals surface area contributed by atoms with Gasteiger partial charge in [0.05, 0.1) is 10.5 Å². The number of alkyl halides is 3. The lowest BCUT2D eigenvalue weighted by Crippen LogP contribution is -2.15. The van der Waals surface area contributed by atoms with Crippen LogP contribution in [0.15, 0.2) is 41.3 Å². The number of anilines is 1. The summed E-state index contributed by atoms with van der Waals surface area (Å²) in [5.74, 6) is 0.0228. The van der Waals surface area contributed by atoms with E-state index in [4.69, 9.17) is 0 Å². The summed E-state index contributed by atoms with van der Waals surface area (Å²) in [5.41, 5.74) is 1.18. The van der Waals surface area contributed by atoms with Crippen molar-refractivity contribution in [2.45, 2.75) is 37.3 Å². The predicted molar refractivity (Wildman–Crippen MR) is 103 cm³/mol. The zero-order valence-electron chi connectivity index (χ0n) is 15.4. The van der Waals surface area contributed by atoms with Crippen molar-refractivity contribution in [1.29, 1.82) is 0 Å². The number of aromatic amines is 1. The number of nitrogens with one attached hydrogen (secondary N) is 2. The van der Waals surface area contributed by atoms with Crippen LogP contribution in [0.3, 0.4) is 0 Å².